The molecular weight excluding hydrogens is 486 g/mol. The number of carbonyl (C=O) groups excluding carboxylic acids is 2. The molecule has 0 radical (unpaired) electrons. The van der Waals surface area contributed by atoms with E-state index >= 15 is 0 Å². The zero-order chi connectivity index (χ0) is 26.3. The predicted octanol–water partition coefficient (Wildman–Crippen LogP) is 5.59. The smallest absolute Gasteiger partial charge is 0.417 e. The van der Waals surface area contributed by atoms with Gasteiger partial charge in [0.25, 0.3) is 5.91 Å². The van der Waals surface area contributed by atoms with Crippen LogP contribution in [-0.4, -0.2) is 28.6 Å². The molecule has 0 saturated carbocycles. The van der Waals surface area contributed by atoms with Crippen LogP contribution in [0.4, 0.5) is 28.9 Å². The molecular formula is C24H21F4N3O3S. The average molecular weight is 508 g/mol. The number of esters is 1. The number of rotatable bonds is 5. The third-order valence-corrected chi connectivity index (χ3v) is 6.03. The van der Waals surface area contributed by atoms with E-state index in [9.17, 15) is 27.2 Å². The van der Waals surface area contributed by atoms with Gasteiger partial charge in [-0.1, -0.05) is 6.92 Å². The van der Waals surface area contributed by atoms with Crippen molar-refractivity contribution in [2.45, 2.75) is 51.9 Å². The number of benzene rings is 2. The quantitative estimate of drug-likeness (QED) is 0.299. The summed E-state index contributed by atoms with van der Waals surface area (Å²) in [6.07, 6.45) is -4.69. The van der Waals surface area contributed by atoms with Crippen LogP contribution in [0, 0.1) is 17.1 Å². The Hall–Kier alpha value is -3.52. The summed E-state index contributed by atoms with van der Waals surface area (Å²) < 4.78 is 60.4. The van der Waals surface area contributed by atoms with Crippen LogP contribution < -0.4 is 9.80 Å². The Morgan fingerprint density at radius 3 is 2.37 bits per heavy atom. The number of amides is 1. The van der Waals surface area contributed by atoms with Crippen LogP contribution in [0.25, 0.3) is 0 Å². The van der Waals surface area contributed by atoms with Crippen molar-refractivity contribution in [2.24, 2.45) is 0 Å². The lowest BCUT2D eigenvalue weighted by molar-refractivity contribution is -0.137. The molecule has 2 aromatic rings. The molecule has 1 heterocycles. The van der Waals surface area contributed by atoms with E-state index in [1.165, 1.54) is 43.0 Å². The second-order valence-corrected chi connectivity index (χ2v) is 8.81. The molecule has 0 spiro atoms. The molecule has 0 unspecified atom stereocenters. The average Bonchev–Trinajstić information content (AvgIpc) is 2.95. The van der Waals surface area contributed by atoms with Crippen molar-refractivity contribution < 1.29 is 31.9 Å². The minimum absolute atomic E-state index is 0.123. The van der Waals surface area contributed by atoms with Gasteiger partial charge in [0.15, 0.2) is 5.11 Å². The molecule has 0 N–H and O–H groups in total. The number of halogens is 4. The van der Waals surface area contributed by atoms with Gasteiger partial charge in [-0.3, -0.25) is 9.69 Å². The summed E-state index contributed by atoms with van der Waals surface area (Å²) in [6, 6.07) is 7.89. The van der Waals surface area contributed by atoms with Crippen LogP contribution in [0.1, 0.15) is 55.6 Å². The van der Waals surface area contributed by atoms with Crippen molar-refractivity contribution in [1.29, 1.82) is 5.26 Å². The molecule has 1 fully saturated rings. The minimum atomic E-state index is -4.83. The van der Waals surface area contributed by atoms with Gasteiger partial charge in [0.2, 0.25) is 0 Å². The number of nitrogens with zero attached hydrogens (tertiary/aromatic N) is 3. The molecule has 1 aliphatic rings. The van der Waals surface area contributed by atoms with Crippen LogP contribution in [0.15, 0.2) is 36.4 Å². The Labute approximate surface area is 204 Å². The Bertz CT molecular complexity index is 1250. The minimum Gasteiger partial charge on any atom is -0.459 e. The third-order valence-electron chi connectivity index (χ3n) is 5.67. The highest BCUT2D eigenvalue weighted by atomic mass is 32.1. The molecule has 35 heavy (non-hydrogen) atoms. The van der Waals surface area contributed by atoms with E-state index in [-0.39, 0.29) is 22.1 Å². The number of thiocarbonyl (C=S) groups is 1. The summed E-state index contributed by atoms with van der Waals surface area (Å²) >= 11 is 5.42. The monoisotopic (exact) mass is 507 g/mol. The molecule has 184 valence electrons. The van der Waals surface area contributed by atoms with Gasteiger partial charge < -0.3 is 9.64 Å². The van der Waals surface area contributed by atoms with E-state index in [1.54, 1.807) is 6.92 Å². The first kappa shape index (κ1) is 26.1. The SMILES string of the molecule is CC[C@@H](C)OC(=O)c1ccc(N2C(=S)N(c3ccc(C#N)c(C(F)(F)F)c3)C(=O)C2(C)C)cc1F. The molecule has 1 atom stereocenters. The number of hydrogen-bond donors (Lipinski definition) is 0. The standard InChI is InChI=1S/C24H21F4N3O3S/c1-5-13(2)34-20(32)17-9-8-16(11-19(17)25)31-22(35)30(21(33)23(31,3)4)15-7-6-14(12-29)18(10-15)24(26,27)28/h6-11,13H,5H2,1-4H3/t13-/m1/s1. The maximum Gasteiger partial charge on any atom is 0.417 e. The van der Waals surface area contributed by atoms with Crippen LogP contribution in [0.3, 0.4) is 0 Å². The zero-order valence-electron chi connectivity index (χ0n) is 19.2. The highest BCUT2D eigenvalue weighted by molar-refractivity contribution is 7.81. The van der Waals surface area contributed by atoms with E-state index in [0.717, 1.165) is 17.0 Å². The van der Waals surface area contributed by atoms with E-state index in [0.29, 0.717) is 12.5 Å². The first-order chi connectivity index (χ1) is 16.2. The Morgan fingerprint density at radius 2 is 1.83 bits per heavy atom. The van der Waals surface area contributed by atoms with Gasteiger partial charge in [-0.15, -0.1) is 0 Å². The molecule has 2 aromatic carbocycles. The number of anilines is 2. The molecule has 1 saturated heterocycles. The lowest BCUT2D eigenvalue weighted by Crippen LogP contribution is -2.44. The van der Waals surface area contributed by atoms with Crippen molar-refractivity contribution in [3.8, 4) is 6.07 Å². The van der Waals surface area contributed by atoms with Crippen LogP contribution in [0.2, 0.25) is 0 Å². The van der Waals surface area contributed by atoms with E-state index < -0.39 is 46.6 Å². The zero-order valence-corrected chi connectivity index (χ0v) is 20.1. The Morgan fingerprint density at radius 1 is 1.20 bits per heavy atom. The molecule has 0 aromatic heterocycles. The maximum atomic E-state index is 14.8. The summed E-state index contributed by atoms with van der Waals surface area (Å²) in [5.41, 5.74) is -3.57. The van der Waals surface area contributed by atoms with E-state index in [2.05, 4.69) is 0 Å². The molecule has 0 aliphatic carbocycles. The van der Waals surface area contributed by atoms with Gasteiger partial charge >= 0.3 is 12.1 Å². The second kappa shape index (κ2) is 9.26. The number of alkyl halides is 3. The maximum absolute atomic E-state index is 14.8. The van der Waals surface area contributed by atoms with Crippen LogP contribution in [0.5, 0.6) is 0 Å². The largest absolute Gasteiger partial charge is 0.459 e. The van der Waals surface area contributed by atoms with Crippen molar-refractivity contribution in [3.05, 3.63) is 58.9 Å². The molecule has 1 amide bonds. The van der Waals surface area contributed by atoms with Crippen molar-refractivity contribution in [1.82, 2.24) is 0 Å². The van der Waals surface area contributed by atoms with Gasteiger partial charge in [-0.2, -0.15) is 18.4 Å². The van der Waals surface area contributed by atoms with Gasteiger partial charge in [-0.05, 0) is 75.8 Å². The molecule has 1 aliphatic heterocycles. The highest BCUT2D eigenvalue weighted by Gasteiger charge is 2.51. The third kappa shape index (κ3) is 4.71. The second-order valence-electron chi connectivity index (χ2n) is 8.45. The van der Waals surface area contributed by atoms with Crippen molar-refractivity contribution in [2.75, 3.05) is 9.80 Å². The van der Waals surface area contributed by atoms with Gasteiger partial charge in [-0.25, -0.2) is 9.18 Å². The molecule has 3 rings (SSSR count). The highest BCUT2D eigenvalue weighted by Crippen LogP contribution is 2.40. The molecule has 6 nitrogen and oxygen atoms in total. The van der Waals surface area contributed by atoms with E-state index in [1.807, 2.05) is 6.92 Å². The molecule has 0 bridgehead atoms. The summed E-state index contributed by atoms with van der Waals surface area (Å²) in [6.45, 7) is 6.45. The van der Waals surface area contributed by atoms with Gasteiger partial charge in [0.1, 0.15) is 11.4 Å². The Kier molecular flexibility index (Phi) is 6.90. The predicted molar refractivity (Wildman–Crippen MR) is 124 cm³/mol. The normalized spacial score (nSPS) is 16.3. The van der Waals surface area contributed by atoms with Crippen LogP contribution >= 0.6 is 12.2 Å². The first-order valence-electron chi connectivity index (χ1n) is 10.5. The number of nitriles is 1. The fraction of sp³-hybridized carbons (Fsp3) is 0.333. The summed E-state index contributed by atoms with van der Waals surface area (Å²) in [5.74, 6) is -2.40. The van der Waals surface area contributed by atoms with Crippen LogP contribution in [-0.2, 0) is 15.7 Å². The van der Waals surface area contributed by atoms with Gasteiger partial charge in [0.05, 0.1) is 34.6 Å². The summed E-state index contributed by atoms with van der Waals surface area (Å²) in [4.78, 5) is 27.7. The summed E-state index contributed by atoms with van der Waals surface area (Å²) in [7, 11) is 0. The fourth-order valence-corrected chi connectivity index (χ4v) is 4.12. The van der Waals surface area contributed by atoms with Crippen molar-refractivity contribution in [3.63, 3.8) is 0 Å². The Balaban J connectivity index is 2.02. The first-order valence-corrected chi connectivity index (χ1v) is 11.0. The number of carbonyl (C=O) groups is 2. The molecule has 11 heteroatoms. The van der Waals surface area contributed by atoms with Crippen molar-refractivity contribution >= 4 is 40.6 Å². The topological polar surface area (TPSA) is 73.6 Å². The summed E-state index contributed by atoms with van der Waals surface area (Å²) in [5, 5.41) is 8.84. The van der Waals surface area contributed by atoms with E-state index in [4.69, 9.17) is 22.2 Å². The lowest BCUT2D eigenvalue weighted by Gasteiger charge is -2.29. The lowest BCUT2D eigenvalue weighted by atomic mass is 10.0. The fourth-order valence-electron chi connectivity index (χ4n) is 3.60. The number of ether oxygens (including phenoxy) is 1. The van der Waals surface area contributed by atoms with Gasteiger partial charge in [0, 0.05) is 5.69 Å². The number of hydrogen-bond acceptors (Lipinski definition) is 5.